The van der Waals surface area contributed by atoms with Crippen molar-refractivity contribution in [1.82, 2.24) is 14.5 Å². The van der Waals surface area contributed by atoms with Crippen molar-refractivity contribution < 1.29 is 17.2 Å². The van der Waals surface area contributed by atoms with Gasteiger partial charge in [0.15, 0.2) is 0 Å². The van der Waals surface area contributed by atoms with Crippen LogP contribution < -0.4 is 4.72 Å². The van der Waals surface area contributed by atoms with Gasteiger partial charge in [-0.2, -0.15) is 13.9 Å². The highest BCUT2D eigenvalue weighted by molar-refractivity contribution is 7.89. The lowest BCUT2D eigenvalue weighted by atomic mass is 9.84. The molecule has 130 valence electrons. The van der Waals surface area contributed by atoms with Gasteiger partial charge in [0.25, 0.3) is 0 Å². The summed E-state index contributed by atoms with van der Waals surface area (Å²) in [5.41, 5.74) is 0.0839. The number of aromatic nitrogens is 2. The third kappa shape index (κ3) is 2.91. The fraction of sp³-hybridized carbons (Fsp3) is 0.800. The molecule has 23 heavy (non-hydrogen) atoms. The fourth-order valence-corrected chi connectivity index (χ4v) is 6.22. The van der Waals surface area contributed by atoms with Crippen LogP contribution in [0.25, 0.3) is 0 Å². The number of alkyl halides is 2. The number of aryl methyl sites for hydroxylation is 1. The number of sulfonamides is 1. The second-order valence-corrected chi connectivity index (χ2v) is 8.62. The van der Waals surface area contributed by atoms with Gasteiger partial charge in [0, 0.05) is 6.04 Å². The first-order valence-corrected chi connectivity index (χ1v) is 9.55. The van der Waals surface area contributed by atoms with Crippen molar-refractivity contribution in [2.24, 2.45) is 17.8 Å². The van der Waals surface area contributed by atoms with Crippen LogP contribution in [0.3, 0.4) is 0 Å². The highest BCUT2D eigenvalue weighted by atomic mass is 32.2. The lowest BCUT2D eigenvalue weighted by molar-refractivity contribution is 0.0538. The van der Waals surface area contributed by atoms with E-state index in [9.17, 15) is 17.2 Å². The molecule has 0 unspecified atom stereocenters. The van der Waals surface area contributed by atoms with Gasteiger partial charge in [-0.1, -0.05) is 6.42 Å². The zero-order valence-electron chi connectivity index (χ0n) is 13.6. The van der Waals surface area contributed by atoms with E-state index < -0.39 is 16.6 Å². The Morgan fingerprint density at radius 1 is 1.26 bits per heavy atom. The Balaban J connectivity index is 1.82. The number of fused-ring (bicyclic) bond motifs is 2. The van der Waals surface area contributed by atoms with Gasteiger partial charge in [0.1, 0.15) is 4.90 Å². The summed E-state index contributed by atoms with van der Waals surface area (Å²) in [4.78, 5) is -0.118. The van der Waals surface area contributed by atoms with E-state index >= 15 is 0 Å². The van der Waals surface area contributed by atoms with Crippen molar-refractivity contribution in [2.45, 2.75) is 63.9 Å². The quantitative estimate of drug-likeness (QED) is 0.890. The molecule has 1 heterocycles. The topological polar surface area (TPSA) is 64.0 Å². The van der Waals surface area contributed by atoms with Crippen molar-refractivity contribution in [2.75, 3.05) is 0 Å². The van der Waals surface area contributed by atoms with Gasteiger partial charge in [-0.3, -0.25) is 0 Å². The zero-order chi connectivity index (χ0) is 16.9. The molecule has 2 aliphatic carbocycles. The molecule has 2 fully saturated rings. The molecule has 0 spiro atoms. The molecular formula is C15H23F2N3O2S. The molecule has 5 nitrogen and oxygen atoms in total. The van der Waals surface area contributed by atoms with E-state index in [0.717, 1.165) is 12.3 Å². The van der Waals surface area contributed by atoms with Crippen molar-refractivity contribution in [3.8, 4) is 0 Å². The maximum atomic E-state index is 12.9. The number of nitrogens with zero attached hydrogens (tertiary/aromatic N) is 2. The largest absolute Gasteiger partial charge is 0.333 e. The fourth-order valence-electron chi connectivity index (χ4n) is 4.52. The predicted octanol–water partition coefficient (Wildman–Crippen LogP) is 3.00. The first-order valence-electron chi connectivity index (χ1n) is 8.07. The molecule has 0 aliphatic heterocycles. The van der Waals surface area contributed by atoms with Crippen LogP contribution in [0.5, 0.6) is 0 Å². The number of nitrogens with one attached hydrogen (secondary N) is 1. The highest BCUT2D eigenvalue weighted by Crippen LogP contribution is 2.49. The molecule has 3 rings (SSSR count). The van der Waals surface area contributed by atoms with Gasteiger partial charge >= 0.3 is 6.55 Å². The normalized spacial score (nSPS) is 28.7. The Hall–Kier alpha value is -1.02. The molecule has 1 aromatic rings. The van der Waals surface area contributed by atoms with E-state index in [-0.39, 0.29) is 22.3 Å². The van der Waals surface area contributed by atoms with Crippen LogP contribution in [0.4, 0.5) is 8.78 Å². The van der Waals surface area contributed by atoms with Crippen LogP contribution in [0.1, 0.15) is 50.5 Å². The second kappa shape index (κ2) is 5.81. The van der Waals surface area contributed by atoms with Gasteiger partial charge in [0.05, 0.1) is 11.4 Å². The minimum Gasteiger partial charge on any atom is -0.208 e. The van der Waals surface area contributed by atoms with Gasteiger partial charge < -0.3 is 0 Å². The Morgan fingerprint density at radius 3 is 2.43 bits per heavy atom. The lowest BCUT2D eigenvalue weighted by Crippen LogP contribution is -2.40. The highest BCUT2D eigenvalue weighted by Gasteiger charge is 2.43. The van der Waals surface area contributed by atoms with Crippen LogP contribution in [-0.4, -0.2) is 24.2 Å². The number of halogens is 2. The molecular weight excluding hydrogens is 324 g/mol. The molecule has 0 amide bonds. The average molecular weight is 347 g/mol. The maximum Gasteiger partial charge on any atom is 0.333 e. The van der Waals surface area contributed by atoms with E-state index in [2.05, 4.69) is 9.82 Å². The number of rotatable bonds is 5. The zero-order valence-corrected chi connectivity index (χ0v) is 14.4. The van der Waals surface area contributed by atoms with Crippen LogP contribution in [0.15, 0.2) is 4.90 Å². The molecule has 4 atom stereocenters. The summed E-state index contributed by atoms with van der Waals surface area (Å²) in [5, 5.41) is 3.67. The Morgan fingerprint density at radius 2 is 1.96 bits per heavy atom. The summed E-state index contributed by atoms with van der Waals surface area (Å²) in [6.45, 7) is 1.84. The third-order valence-electron chi connectivity index (χ3n) is 5.49. The minimum atomic E-state index is -3.85. The smallest absolute Gasteiger partial charge is 0.208 e. The Labute approximate surface area is 135 Å². The number of hydrogen-bond acceptors (Lipinski definition) is 3. The van der Waals surface area contributed by atoms with Crippen LogP contribution in [0.2, 0.25) is 0 Å². The van der Waals surface area contributed by atoms with Crippen molar-refractivity contribution in [3.63, 3.8) is 0 Å². The molecule has 1 N–H and O–H groups in total. The molecule has 0 aromatic carbocycles. The molecule has 0 radical (unpaired) electrons. The summed E-state index contributed by atoms with van der Waals surface area (Å²) in [7, 11) is -3.85. The lowest BCUT2D eigenvalue weighted by Gasteiger charge is -2.28. The summed E-state index contributed by atoms with van der Waals surface area (Å²) in [5.74, 6) is 1.65. The van der Waals surface area contributed by atoms with E-state index in [0.29, 0.717) is 16.5 Å². The Bertz CT molecular complexity index is 702. The molecule has 2 aliphatic rings. The third-order valence-corrected chi connectivity index (χ3v) is 7.30. The van der Waals surface area contributed by atoms with Crippen molar-refractivity contribution in [3.05, 3.63) is 11.4 Å². The molecule has 8 heteroatoms. The van der Waals surface area contributed by atoms with Crippen LogP contribution >= 0.6 is 0 Å². The summed E-state index contributed by atoms with van der Waals surface area (Å²) >= 11 is 0. The van der Waals surface area contributed by atoms with Crippen molar-refractivity contribution >= 4 is 10.0 Å². The van der Waals surface area contributed by atoms with Gasteiger partial charge in [0.2, 0.25) is 10.0 Å². The monoisotopic (exact) mass is 347 g/mol. The SMILES string of the molecule is Cc1nn(C(F)F)c(C)c1S(=O)(=O)N[C@H](C)[C@@H]1C[C@@H]2CC[C@@H]1C2. The average Bonchev–Trinajstić information content (AvgIpc) is 3.12. The van der Waals surface area contributed by atoms with Gasteiger partial charge in [-0.15, -0.1) is 0 Å². The molecule has 1 aromatic heterocycles. The van der Waals surface area contributed by atoms with E-state index in [1.54, 1.807) is 0 Å². The number of hydrogen-bond donors (Lipinski definition) is 1. The minimum absolute atomic E-state index is 0.0230. The first-order chi connectivity index (χ1) is 10.7. The summed E-state index contributed by atoms with van der Waals surface area (Å²) in [6, 6.07) is -0.191. The molecule has 2 bridgehead atoms. The summed E-state index contributed by atoms with van der Waals surface area (Å²) in [6.07, 6.45) is 4.67. The van der Waals surface area contributed by atoms with Gasteiger partial charge in [-0.25, -0.2) is 17.8 Å². The van der Waals surface area contributed by atoms with Crippen molar-refractivity contribution in [1.29, 1.82) is 0 Å². The van der Waals surface area contributed by atoms with E-state index in [1.807, 2.05) is 6.92 Å². The second-order valence-electron chi connectivity index (χ2n) is 6.97. The predicted molar refractivity (Wildman–Crippen MR) is 81.7 cm³/mol. The maximum absolute atomic E-state index is 12.9. The summed E-state index contributed by atoms with van der Waals surface area (Å²) < 4.78 is 54.3. The van der Waals surface area contributed by atoms with E-state index in [4.69, 9.17) is 0 Å². The van der Waals surface area contributed by atoms with E-state index in [1.165, 1.54) is 33.1 Å². The standard InChI is InChI=1S/C15H23F2N3O2S/c1-8(13-7-11-4-5-12(13)6-11)19-23(21,22)14-9(2)18-20(10(14)3)15(16)17/h8,11-13,15,19H,4-7H2,1-3H3/t8-,11-,12-,13+/m1/s1. The molecule has 2 saturated carbocycles. The van der Waals surface area contributed by atoms with Crippen LogP contribution in [-0.2, 0) is 10.0 Å². The Kier molecular flexibility index (Phi) is 4.25. The van der Waals surface area contributed by atoms with Crippen LogP contribution in [0, 0.1) is 31.6 Å². The molecule has 0 saturated heterocycles. The first kappa shape index (κ1) is 16.8. The van der Waals surface area contributed by atoms with Gasteiger partial charge in [-0.05, 0) is 57.8 Å².